The molecule has 0 bridgehead atoms. The Morgan fingerprint density at radius 3 is 2.67 bits per heavy atom. The third-order valence-corrected chi connectivity index (χ3v) is 6.66. The van der Waals surface area contributed by atoms with Gasteiger partial charge < -0.3 is 14.8 Å². The van der Waals surface area contributed by atoms with Crippen LogP contribution < -0.4 is 20.2 Å². The minimum atomic E-state index is -0.263. The Kier molecular flexibility index (Phi) is 8.90. The fourth-order valence-corrected chi connectivity index (χ4v) is 4.76. The number of benzene rings is 4. The SMILES string of the molecule is COc1cc(/C=N\NC(=O)CNc2cccc3ccccc23)cc(I)c1OCc1ccc(Cl)cc1Cl. The Bertz CT molecular complexity index is 1420. The zero-order valence-electron chi connectivity index (χ0n) is 19.2. The Balaban J connectivity index is 1.36. The molecule has 0 atom stereocenters. The zero-order valence-corrected chi connectivity index (χ0v) is 22.9. The lowest BCUT2D eigenvalue weighted by Gasteiger charge is -2.14. The maximum absolute atomic E-state index is 12.3. The number of amides is 1. The van der Waals surface area contributed by atoms with E-state index in [0.717, 1.165) is 31.2 Å². The van der Waals surface area contributed by atoms with Crippen LogP contribution >= 0.6 is 45.8 Å². The predicted octanol–water partition coefficient (Wildman–Crippen LogP) is 6.90. The van der Waals surface area contributed by atoms with Crippen molar-refractivity contribution < 1.29 is 14.3 Å². The van der Waals surface area contributed by atoms with Crippen LogP contribution in [-0.4, -0.2) is 25.8 Å². The molecule has 0 unspecified atom stereocenters. The number of halogens is 3. The number of anilines is 1. The van der Waals surface area contributed by atoms with E-state index in [1.54, 1.807) is 31.5 Å². The Morgan fingerprint density at radius 2 is 1.86 bits per heavy atom. The van der Waals surface area contributed by atoms with Gasteiger partial charge in [-0.15, -0.1) is 0 Å². The number of carbonyl (C=O) groups is 1. The third-order valence-electron chi connectivity index (χ3n) is 5.27. The highest BCUT2D eigenvalue weighted by Gasteiger charge is 2.13. The van der Waals surface area contributed by atoms with Crippen molar-refractivity contribution in [3.8, 4) is 11.5 Å². The topological polar surface area (TPSA) is 72.0 Å². The summed E-state index contributed by atoms with van der Waals surface area (Å²) in [5.41, 5.74) is 4.99. The number of carbonyl (C=O) groups excluding carboxylic acids is 1. The zero-order chi connectivity index (χ0) is 25.5. The molecule has 4 aromatic rings. The molecule has 0 aromatic heterocycles. The molecule has 0 saturated heterocycles. The van der Waals surface area contributed by atoms with Gasteiger partial charge in [0.1, 0.15) is 6.61 Å². The quantitative estimate of drug-likeness (QED) is 0.119. The third kappa shape index (κ3) is 6.60. The molecule has 6 nitrogen and oxygen atoms in total. The van der Waals surface area contributed by atoms with E-state index in [1.165, 1.54) is 0 Å². The first-order valence-electron chi connectivity index (χ1n) is 10.9. The Hall–Kier alpha value is -3.01. The van der Waals surface area contributed by atoms with Gasteiger partial charge in [0.15, 0.2) is 11.5 Å². The first-order chi connectivity index (χ1) is 17.4. The summed E-state index contributed by atoms with van der Waals surface area (Å²) >= 11 is 14.4. The molecule has 184 valence electrons. The summed E-state index contributed by atoms with van der Waals surface area (Å²) in [6.45, 7) is 0.349. The number of hydrogen-bond acceptors (Lipinski definition) is 5. The van der Waals surface area contributed by atoms with Crippen molar-refractivity contribution >= 4 is 74.4 Å². The normalized spacial score (nSPS) is 11.0. The minimum Gasteiger partial charge on any atom is -0.493 e. The summed E-state index contributed by atoms with van der Waals surface area (Å²) in [6.07, 6.45) is 1.56. The second-order valence-corrected chi connectivity index (χ2v) is 9.74. The molecular weight excluding hydrogens is 612 g/mol. The van der Waals surface area contributed by atoms with E-state index in [-0.39, 0.29) is 19.1 Å². The van der Waals surface area contributed by atoms with Crippen molar-refractivity contribution in [1.82, 2.24) is 5.43 Å². The highest BCUT2D eigenvalue weighted by atomic mass is 127. The first-order valence-corrected chi connectivity index (χ1v) is 12.8. The van der Waals surface area contributed by atoms with Crippen molar-refractivity contribution in [2.45, 2.75) is 6.61 Å². The van der Waals surface area contributed by atoms with E-state index in [0.29, 0.717) is 21.5 Å². The van der Waals surface area contributed by atoms with Crippen LogP contribution in [0.3, 0.4) is 0 Å². The number of rotatable bonds is 9. The van der Waals surface area contributed by atoms with E-state index in [2.05, 4.69) is 38.4 Å². The molecule has 1 amide bonds. The summed E-state index contributed by atoms with van der Waals surface area (Å²) in [7, 11) is 1.56. The molecule has 2 N–H and O–H groups in total. The van der Waals surface area contributed by atoms with E-state index in [1.807, 2.05) is 54.6 Å². The predicted molar refractivity (Wildman–Crippen MR) is 155 cm³/mol. The van der Waals surface area contributed by atoms with Crippen LogP contribution in [-0.2, 0) is 11.4 Å². The highest BCUT2D eigenvalue weighted by molar-refractivity contribution is 14.1. The van der Waals surface area contributed by atoms with Gasteiger partial charge in [-0.3, -0.25) is 4.79 Å². The molecule has 0 heterocycles. The largest absolute Gasteiger partial charge is 0.493 e. The van der Waals surface area contributed by atoms with Crippen molar-refractivity contribution in [2.75, 3.05) is 19.0 Å². The number of ether oxygens (including phenoxy) is 2. The van der Waals surface area contributed by atoms with Crippen LogP contribution in [0.25, 0.3) is 10.8 Å². The average Bonchev–Trinajstić information content (AvgIpc) is 2.87. The number of nitrogens with zero attached hydrogens (tertiary/aromatic N) is 1. The monoisotopic (exact) mass is 633 g/mol. The van der Waals surface area contributed by atoms with E-state index < -0.39 is 0 Å². The van der Waals surface area contributed by atoms with Crippen molar-refractivity contribution in [1.29, 1.82) is 0 Å². The maximum Gasteiger partial charge on any atom is 0.259 e. The van der Waals surface area contributed by atoms with Crippen molar-refractivity contribution in [3.63, 3.8) is 0 Å². The Morgan fingerprint density at radius 1 is 1.06 bits per heavy atom. The molecule has 0 aliphatic carbocycles. The molecule has 36 heavy (non-hydrogen) atoms. The van der Waals surface area contributed by atoms with Gasteiger partial charge in [-0.25, -0.2) is 5.43 Å². The molecule has 9 heteroatoms. The molecule has 4 rings (SSSR count). The second kappa shape index (κ2) is 12.3. The van der Waals surface area contributed by atoms with E-state index in [9.17, 15) is 4.79 Å². The van der Waals surface area contributed by atoms with Gasteiger partial charge in [-0.2, -0.15) is 5.10 Å². The van der Waals surface area contributed by atoms with E-state index in [4.69, 9.17) is 32.7 Å². The van der Waals surface area contributed by atoms with Crippen LogP contribution in [0.15, 0.2) is 77.9 Å². The molecule has 0 fully saturated rings. The first kappa shape index (κ1) is 26.1. The fraction of sp³-hybridized carbons (Fsp3) is 0.111. The molecule has 4 aromatic carbocycles. The molecule has 0 aliphatic heterocycles. The standard InChI is InChI=1S/C27H22Cl2IN3O3/c1-35-25-12-17(11-23(30)27(25)36-16-19-9-10-20(28)13-22(19)29)14-32-33-26(34)15-31-24-8-4-6-18-5-2-3-7-21(18)24/h2-14,31H,15-16H2,1H3,(H,33,34)/b32-14-. The summed E-state index contributed by atoms with van der Waals surface area (Å²) < 4.78 is 12.3. The lowest BCUT2D eigenvalue weighted by molar-refractivity contribution is -0.119. The summed E-state index contributed by atoms with van der Waals surface area (Å²) in [5.74, 6) is 0.864. The van der Waals surface area contributed by atoms with E-state index >= 15 is 0 Å². The Labute approximate surface area is 232 Å². The van der Waals surface area contributed by atoms with Gasteiger partial charge >= 0.3 is 0 Å². The average molecular weight is 634 g/mol. The van der Waals surface area contributed by atoms with Gasteiger partial charge in [0.05, 0.1) is 23.4 Å². The van der Waals surface area contributed by atoms with Crippen molar-refractivity contribution in [2.24, 2.45) is 5.10 Å². The summed E-state index contributed by atoms with van der Waals surface area (Å²) in [6, 6.07) is 22.8. The van der Waals surface area contributed by atoms with Crippen LogP contribution in [0.1, 0.15) is 11.1 Å². The van der Waals surface area contributed by atoms with Gasteiger partial charge in [0.25, 0.3) is 5.91 Å². The summed E-state index contributed by atoms with van der Waals surface area (Å²) in [4.78, 5) is 12.3. The summed E-state index contributed by atoms with van der Waals surface area (Å²) in [5, 5.41) is 10.5. The molecule has 0 radical (unpaired) electrons. The van der Waals surface area contributed by atoms with Crippen molar-refractivity contribution in [3.05, 3.63) is 97.5 Å². The van der Waals surface area contributed by atoms with Crippen LogP contribution in [0.2, 0.25) is 10.0 Å². The molecule has 0 spiro atoms. The van der Waals surface area contributed by atoms with Gasteiger partial charge in [0.2, 0.25) is 0 Å². The molecule has 0 aliphatic rings. The van der Waals surface area contributed by atoms with Gasteiger partial charge in [-0.1, -0.05) is 65.7 Å². The highest BCUT2D eigenvalue weighted by Crippen LogP contribution is 2.35. The van der Waals surface area contributed by atoms with Crippen LogP contribution in [0, 0.1) is 3.57 Å². The number of nitrogens with one attached hydrogen (secondary N) is 2. The fourth-order valence-electron chi connectivity index (χ4n) is 3.52. The lowest BCUT2D eigenvalue weighted by atomic mass is 10.1. The molecular formula is C27H22Cl2IN3O3. The number of hydrazone groups is 1. The number of hydrogen-bond donors (Lipinski definition) is 2. The van der Waals surface area contributed by atoms with Gasteiger partial charge in [0, 0.05) is 26.7 Å². The molecule has 0 saturated carbocycles. The van der Waals surface area contributed by atoms with Crippen LogP contribution in [0.4, 0.5) is 5.69 Å². The maximum atomic E-state index is 12.3. The minimum absolute atomic E-state index is 0.0895. The number of methoxy groups -OCH3 is 1. The van der Waals surface area contributed by atoms with Gasteiger partial charge in [-0.05, 0) is 63.9 Å². The smallest absolute Gasteiger partial charge is 0.259 e. The number of fused-ring (bicyclic) bond motifs is 1. The second-order valence-electron chi connectivity index (χ2n) is 7.73. The lowest BCUT2D eigenvalue weighted by Crippen LogP contribution is -2.25. The van der Waals surface area contributed by atoms with Crippen LogP contribution in [0.5, 0.6) is 11.5 Å².